The second-order valence-corrected chi connectivity index (χ2v) is 13.9. The normalized spacial score (nSPS) is 13.3. The van der Waals surface area contributed by atoms with Crippen LogP contribution in [0.4, 0.5) is 0 Å². The van der Waals surface area contributed by atoms with Gasteiger partial charge in [0, 0.05) is 38.4 Å². The van der Waals surface area contributed by atoms with Gasteiger partial charge in [-0.1, -0.05) is 123 Å². The highest BCUT2D eigenvalue weighted by Gasteiger charge is 2.37. The van der Waals surface area contributed by atoms with Crippen LogP contribution in [-0.2, 0) is 5.41 Å². The van der Waals surface area contributed by atoms with Crippen LogP contribution in [0.1, 0.15) is 25.0 Å². The van der Waals surface area contributed by atoms with Crippen molar-refractivity contribution < 1.29 is 4.42 Å². The molecule has 6 aromatic carbocycles. The number of hydrogen-bond acceptors (Lipinski definition) is 6. The van der Waals surface area contributed by atoms with Gasteiger partial charge in [-0.25, -0.2) is 19.9 Å². The van der Waals surface area contributed by atoms with E-state index in [0.29, 0.717) is 17.5 Å². The number of thiazole rings is 1. The standard InChI is InChI=1S/C43H28N4OS/c1-43(2)33-21-22-35-39(49-24-44-35)36(33)31-20-19-27(23-34(31)43)28-15-9-16-29-30-17-10-18-32(38(30)48-37(28)29)42-46-40(25-11-5-3-6-12-25)45-41(47-42)26-13-7-4-8-14-26/h3-24H,1-2H3. The summed E-state index contributed by atoms with van der Waals surface area (Å²) in [5, 5.41) is 2.09. The summed E-state index contributed by atoms with van der Waals surface area (Å²) in [5.74, 6) is 1.82. The predicted molar refractivity (Wildman–Crippen MR) is 200 cm³/mol. The molecule has 0 N–H and O–H groups in total. The molecular weight excluding hydrogens is 621 g/mol. The monoisotopic (exact) mass is 648 g/mol. The van der Waals surface area contributed by atoms with Crippen molar-refractivity contribution in [3.05, 3.63) is 144 Å². The Morgan fingerprint density at radius 2 is 1.16 bits per heavy atom. The zero-order chi connectivity index (χ0) is 32.7. The van der Waals surface area contributed by atoms with Crippen LogP contribution >= 0.6 is 11.3 Å². The fourth-order valence-electron chi connectivity index (χ4n) is 7.46. The number of fused-ring (bicyclic) bond motifs is 8. The quantitative estimate of drug-likeness (QED) is 0.190. The lowest BCUT2D eigenvalue weighted by Crippen LogP contribution is -2.14. The Morgan fingerprint density at radius 3 is 1.86 bits per heavy atom. The minimum absolute atomic E-state index is 0.139. The Labute approximate surface area is 286 Å². The molecule has 6 heteroatoms. The summed E-state index contributed by atoms with van der Waals surface area (Å²) in [5.41, 5.74) is 14.6. The smallest absolute Gasteiger partial charge is 0.167 e. The van der Waals surface area contributed by atoms with Crippen LogP contribution in [0.5, 0.6) is 0 Å². The highest BCUT2D eigenvalue weighted by atomic mass is 32.1. The van der Waals surface area contributed by atoms with Crippen LogP contribution in [-0.4, -0.2) is 19.9 Å². The molecule has 0 fully saturated rings. The summed E-state index contributed by atoms with van der Waals surface area (Å²) in [6.45, 7) is 4.65. The number of para-hydroxylation sites is 2. The first-order chi connectivity index (χ1) is 24.0. The molecule has 3 heterocycles. The third-order valence-electron chi connectivity index (χ3n) is 9.91. The van der Waals surface area contributed by atoms with E-state index in [4.69, 9.17) is 19.4 Å². The largest absolute Gasteiger partial charge is 0.455 e. The molecule has 1 aliphatic rings. The summed E-state index contributed by atoms with van der Waals surface area (Å²) in [6, 6.07) is 44.0. The van der Waals surface area contributed by atoms with Crippen LogP contribution in [0.2, 0.25) is 0 Å². The van der Waals surface area contributed by atoms with Crippen LogP contribution in [0.25, 0.3) is 88.6 Å². The zero-order valence-corrected chi connectivity index (χ0v) is 27.6. The Kier molecular flexibility index (Phi) is 6.02. The first kappa shape index (κ1) is 28.1. The minimum Gasteiger partial charge on any atom is -0.455 e. The topological polar surface area (TPSA) is 64.7 Å². The lowest BCUT2D eigenvalue weighted by atomic mass is 9.81. The third kappa shape index (κ3) is 4.24. The Morgan fingerprint density at radius 1 is 0.531 bits per heavy atom. The van der Waals surface area contributed by atoms with Crippen LogP contribution < -0.4 is 0 Å². The van der Waals surface area contributed by atoms with Crippen LogP contribution in [0.3, 0.4) is 0 Å². The summed E-state index contributed by atoms with van der Waals surface area (Å²) < 4.78 is 8.15. The third-order valence-corrected chi connectivity index (χ3v) is 10.8. The first-order valence-electron chi connectivity index (χ1n) is 16.4. The van der Waals surface area contributed by atoms with Crippen molar-refractivity contribution in [2.75, 3.05) is 0 Å². The van der Waals surface area contributed by atoms with Crippen molar-refractivity contribution >= 4 is 43.5 Å². The number of benzene rings is 6. The molecule has 10 rings (SSSR count). The fourth-order valence-corrected chi connectivity index (χ4v) is 8.31. The summed E-state index contributed by atoms with van der Waals surface area (Å²) in [4.78, 5) is 19.5. The second kappa shape index (κ2) is 10.5. The Balaban J connectivity index is 1.16. The molecule has 5 nitrogen and oxygen atoms in total. The number of nitrogens with zero attached hydrogens (tertiary/aromatic N) is 4. The molecule has 0 atom stereocenters. The summed E-state index contributed by atoms with van der Waals surface area (Å²) >= 11 is 1.72. The van der Waals surface area contributed by atoms with Crippen molar-refractivity contribution in [3.63, 3.8) is 0 Å². The lowest BCUT2D eigenvalue weighted by Gasteiger charge is -2.22. The lowest BCUT2D eigenvalue weighted by molar-refractivity contribution is 0.660. The van der Waals surface area contributed by atoms with E-state index in [2.05, 4.69) is 79.5 Å². The maximum atomic E-state index is 6.89. The molecule has 3 aromatic heterocycles. The SMILES string of the molecule is CC1(C)c2cc(-c3cccc4c3oc3c(-c5nc(-c6ccccc6)nc(-c6ccccc6)n5)cccc34)ccc2-c2c1ccc1ncsc21. The molecule has 0 unspecified atom stereocenters. The van der Waals surface area contributed by atoms with Gasteiger partial charge in [0.15, 0.2) is 17.5 Å². The van der Waals surface area contributed by atoms with Gasteiger partial charge in [-0.2, -0.15) is 0 Å². The van der Waals surface area contributed by atoms with Crippen LogP contribution in [0.15, 0.2) is 137 Å². The Bertz CT molecular complexity index is 2690. The number of furan rings is 1. The maximum absolute atomic E-state index is 6.89. The average Bonchev–Trinajstić information content (AvgIpc) is 3.85. The van der Waals surface area contributed by atoms with Crippen LogP contribution in [0, 0.1) is 0 Å². The molecule has 0 saturated carbocycles. The maximum Gasteiger partial charge on any atom is 0.167 e. The van der Waals surface area contributed by atoms with E-state index in [9.17, 15) is 0 Å². The molecule has 9 aromatic rings. The number of hydrogen-bond donors (Lipinski definition) is 0. The molecule has 1 aliphatic carbocycles. The molecule has 0 amide bonds. The van der Waals surface area contributed by atoms with Crippen molar-refractivity contribution in [3.8, 4) is 56.4 Å². The van der Waals surface area contributed by atoms with E-state index < -0.39 is 0 Å². The van der Waals surface area contributed by atoms with E-state index in [0.717, 1.165) is 55.3 Å². The molecule has 0 spiro atoms. The second-order valence-electron chi connectivity index (χ2n) is 13.1. The fraction of sp³-hybridized carbons (Fsp3) is 0.0698. The highest BCUT2D eigenvalue weighted by Crippen LogP contribution is 2.53. The molecular formula is C43H28N4OS. The summed E-state index contributed by atoms with van der Waals surface area (Å²) in [7, 11) is 0. The van der Waals surface area contributed by atoms with Gasteiger partial charge in [0.1, 0.15) is 11.2 Å². The van der Waals surface area contributed by atoms with E-state index in [1.165, 1.54) is 27.0 Å². The van der Waals surface area contributed by atoms with Crippen molar-refractivity contribution in [1.29, 1.82) is 0 Å². The van der Waals surface area contributed by atoms with Crippen molar-refractivity contribution in [1.82, 2.24) is 19.9 Å². The van der Waals surface area contributed by atoms with Gasteiger partial charge < -0.3 is 4.42 Å². The van der Waals surface area contributed by atoms with Gasteiger partial charge in [0.05, 0.1) is 21.3 Å². The van der Waals surface area contributed by atoms with Crippen molar-refractivity contribution in [2.24, 2.45) is 0 Å². The first-order valence-corrected chi connectivity index (χ1v) is 17.3. The van der Waals surface area contributed by atoms with Gasteiger partial charge >= 0.3 is 0 Å². The predicted octanol–water partition coefficient (Wildman–Crippen LogP) is 11.4. The molecule has 232 valence electrons. The van der Waals surface area contributed by atoms with Gasteiger partial charge in [-0.05, 0) is 40.5 Å². The van der Waals surface area contributed by atoms with Gasteiger partial charge in [-0.3, -0.25) is 0 Å². The van der Waals surface area contributed by atoms with Gasteiger partial charge in [0.25, 0.3) is 0 Å². The Hall–Kier alpha value is -5.98. The number of rotatable bonds is 4. The highest BCUT2D eigenvalue weighted by molar-refractivity contribution is 7.17. The molecule has 0 aliphatic heterocycles. The van der Waals surface area contributed by atoms with E-state index in [1.54, 1.807) is 11.3 Å². The van der Waals surface area contributed by atoms with Gasteiger partial charge in [-0.15, -0.1) is 11.3 Å². The van der Waals surface area contributed by atoms with Crippen molar-refractivity contribution in [2.45, 2.75) is 19.3 Å². The number of aromatic nitrogens is 4. The zero-order valence-electron chi connectivity index (χ0n) is 26.8. The van der Waals surface area contributed by atoms with E-state index >= 15 is 0 Å². The minimum atomic E-state index is -0.139. The molecule has 0 bridgehead atoms. The molecule has 0 radical (unpaired) electrons. The van der Waals surface area contributed by atoms with Gasteiger partial charge in [0.2, 0.25) is 0 Å². The molecule has 0 saturated heterocycles. The summed E-state index contributed by atoms with van der Waals surface area (Å²) in [6.07, 6.45) is 0. The van der Waals surface area contributed by atoms with E-state index in [-0.39, 0.29) is 5.41 Å². The average molecular weight is 649 g/mol. The molecule has 49 heavy (non-hydrogen) atoms. The van der Waals surface area contributed by atoms with E-state index in [1.807, 2.05) is 72.2 Å².